The van der Waals surface area contributed by atoms with E-state index in [-0.39, 0.29) is 23.3 Å². The van der Waals surface area contributed by atoms with E-state index in [0.29, 0.717) is 6.54 Å². The maximum atomic E-state index is 12.3. The van der Waals surface area contributed by atoms with Crippen molar-refractivity contribution in [1.82, 2.24) is 10.3 Å². The summed E-state index contributed by atoms with van der Waals surface area (Å²) >= 11 is 0. The van der Waals surface area contributed by atoms with Gasteiger partial charge < -0.3 is 14.7 Å². The zero-order valence-corrected chi connectivity index (χ0v) is 12.4. The van der Waals surface area contributed by atoms with Gasteiger partial charge in [-0.25, -0.2) is 0 Å². The number of carbonyl (C=O) groups is 1. The maximum absolute atomic E-state index is 12.3. The van der Waals surface area contributed by atoms with Crippen LogP contribution in [0, 0.1) is 5.92 Å². The van der Waals surface area contributed by atoms with Crippen LogP contribution < -0.4 is 10.9 Å². The highest BCUT2D eigenvalue weighted by molar-refractivity contribution is 5.85. The van der Waals surface area contributed by atoms with E-state index in [1.807, 2.05) is 36.4 Å². The molecular formula is C18H16N2O3. The molecule has 1 aromatic carbocycles. The highest BCUT2D eigenvalue weighted by Gasteiger charge is 2.45. The topological polar surface area (TPSA) is 75.1 Å². The fourth-order valence-corrected chi connectivity index (χ4v) is 3.04. The molecule has 1 amide bonds. The van der Waals surface area contributed by atoms with Crippen LogP contribution in [-0.4, -0.2) is 10.9 Å². The van der Waals surface area contributed by atoms with Crippen LogP contribution in [-0.2, 0) is 11.3 Å². The predicted molar refractivity (Wildman–Crippen MR) is 86.0 cm³/mol. The van der Waals surface area contributed by atoms with E-state index >= 15 is 0 Å². The molecule has 0 unspecified atom stereocenters. The van der Waals surface area contributed by atoms with Gasteiger partial charge in [0.1, 0.15) is 5.76 Å². The Balaban J connectivity index is 1.48. The number of benzene rings is 1. The third-order valence-corrected chi connectivity index (χ3v) is 4.33. The summed E-state index contributed by atoms with van der Waals surface area (Å²) in [5, 5.41) is 3.89. The first-order chi connectivity index (χ1) is 11.2. The molecule has 5 heteroatoms. The third kappa shape index (κ3) is 2.65. The molecule has 0 saturated heterocycles. The zero-order chi connectivity index (χ0) is 15.8. The normalized spacial score (nSPS) is 19.7. The molecule has 0 radical (unpaired) electrons. The number of aromatic amines is 1. The Morgan fingerprint density at radius 2 is 2.13 bits per heavy atom. The quantitative estimate of drug-likeness (QED) is 0.777. The van der Waals surface area contributed by atoms with E-state index in [1.54, 1.807) is 12.3 Å². The largest absolute Gasteiger partial charge is 0.469 e. The van der Waals surface area contributed by atoms with Crippen molar-refractivity contribution in [3.63, 3.8) is 0 Å². The summed E-state index contributed by atoms with van der Waals surface area (Å²) in [4.78, 5) is 26.8. The maximum Gasteiger partial charge on any atom is 0.248 e. The zero-order valence-electron chi connectivity index (χ0n) is 12.4. The highest BCUT2D eigenvalue weighted by atomic mass is 16.3. The molecule has 0 spiro atoms. The Bertz CT molecular complexity index is 911. The Morgan fingerprint density at radius 3 is 2.96 bits per heavy atom. The number of fused-ring (bicyclic) bond motifs is 1. The molecule has 1 aliphatic rings. The molecule has 1 saturated carbocycles. The van der Waals surface area contributed by atoms with Crippen molar-refractivity contribution in [3.05, 3.63) is 70.4 Å². The predicted octanol–water partition coefficient (Wildman–Crippen LogP) is 2.54. The minimum Gasteiger partial charge on any atom is -0.469 e. The Morgan fingerprint density at radius 1 is 1.26 bits per heavy atom. The molecule has 2 atom stereocenters. The Kier molecular flexibility index (Phi) is 3.26. The number of furan rings is 1. The summed E-state index contributed by atoms with van der Waals surface area (Å²) in [7, 11) is 0. The van der Waals surface area contributed by atoms with E-state index < -0.39 is 0 Å². The molecular weight excluding hydrogens is 292 g/mol. The molecule has 1 fully saturated rings. The monoisotopic (exact) mass is 308 g/mol. The van der Waals surface area contributed by atoms with Gasteiger partial charge in [0, 0.05) is 35.3 Å². The molecule has 0 bridgehead atoms. The van der Waals surface area contributed by atoms with Gasteiger partial charge in [-0.15, -0.1) is 0 Å². The second-order valence-corrected chi connectivity index (χ2v) is 5.89. The average Bonchev–Trinajstić information content (AvgIpc) is 3.17. The molecule has 5 nitrogen and oxygen atoms in total. The van der Waals surface area contributed by atoms with E-state index in [1.165, 1.54) is 0 Å². The number of para-hydroxylation sites is 1. The van der Waals surface area contributed by atoms with Crippen molar-refractivity contribution in [1.29, 1.82) is 0 Å². The van der Waals surface area contributed by atoms with Crippen LogP contribution in [0.15, 0.2) is 57.9 Å². The number of H-pyrrole nitrogens is 1. The summed E-state index contributed by atoms with van der Waals surface area (Å²) in [5.74, 6) is 1.03. The summed E-state index contributed by atoms with van der Waals surface area (Å²) < 4.78 is 5.35. The lowest BCUT2D eigenvalue weighted by Gasteiger charge is -2.08. The second kappa shape index (κ2) is 5.43. The molecule has 23 heavy (non-hydrogen) atoms. The van der Waals surface area contributed by atoms with Crippen molar-refractivity contribution in [2.24, 2.45) is 5.92 Å². The van der Waals surface area contributed by atoms with Gasteiger partial charge >= 0.3 is 0 Å². The van der Waals surface area contributed by atoms with Gasteiger partial charge in [-0.3, -0.25) is 9.59 Å². The highest BCUT2D eigenvalue weighted by Crippen LogP contribution is 2.47. The van der Waals surface area contributed by atoms with Crippen LogP contribution in [0.25, 0.3) is 10.9 Å². The average molecular weight is 308 g/mol. The van der Waals surface area contributed by atoms with Crippen molar-refractivity contribution < 1.29 is 9.21 Å². The number of nitrogens with one attached hydrogen (secondary N) is 2. The molecule has 2 N–H and O–H groups in total. The Hall–Kier alpha value is -2.82. The van der Waals surface area contributed by atoms with Crippen LogP contribution in [0.5, 0.6) is 0 Å². The van der Waals surface area contributed by atoms with Gasteiger partial charge in [-0.2, -0.15) is 0 Å². The number of hydrogen-bond donors (Lipinski definition) is 2. The van der Waals surface area contributed by atoms with Gasteiger partial charge in [0.05, 0.1) is 6.26 Å². The first-order valence-electron chi connectivity index (χ1n) is 7.64. The van der Waals surface area contributed by atoms with Crippen LogP contribution in [0.4, 0.5) is 0 Å². The standard InChI is InChI=1S/C18H16N2O3/c21-17-8-11(12-4-1-2-5-15(12)20-17)10-19-18(22)14-9-13(14)16-6-3-7-23-16/h1-8,13-14H,9-10H2,(H,19,22)(H,20,21)/t13-,14+/m0/s1. The van der Waals surface area contributed by atoms with Crippen molar-refractivity contribution in [2.75, 3.05) is 0 Å². The van der Waals surface area contributed by atoms with Gasteiger partial charge in [-0.1, -0.05) is 18.2 Å². The number of amides is 1. The number of aromatic nitrogens is 1. The molecule has 116 valence electrons. The van der Waals surface area contributed by atoms with Crippen LogP contribution in [0.3, 0.4) is 0 Å². The van der Waals surface area contributed by atoms with E-state index in [9.17, 15) is 9.59 Å². The molecule has 0 aliphatic heterocycles. The summed E-state index contributed by atoms with van der Waals surface area (Å²) in [6, 6.07) is 12.9. The second-order valence-electron chi connectivity index (χ2n) is 5.89. The first-order valence-corrected chi connectivity index (χ1v) is 7.64. The first kappa shape index (κ1) is 13.8. The molecule has 3 aromatic rings. The van der Waals surface area contributed by atoms with Gasteiger partial charge in [0.15, 0.2) is 0 Å². The lowest BCUT2D eigenvalue weighted by molar-refractivity contribution is -0.122. The fourth-order valence-electron chi connectivity index (χ4n) is 3.04. The van der Waals surface area contributed by atoms with Crippen LogP contribution >= 0.6 is 0 Å². The van der Waals surface area contributed by atoms with Crippen LogP contribution in [0.2, 0.25) is 0 Å². The Labute approximate surface area is 132 Å². The third-order valence-electron chi connectivity index (χ3n) is 4.33. The fraction of sp³-hybridized carbons (Fsp3) is 0.222. The number of carbonyl (C=O) groups excluding carboxylic acids is 1. The van der Waals surface area contributed by atoms with Crippen molar-refractivity contribution in [3.8, 4) is 0 Å². The van der Waals surface area contributed by atoms with Gasteiger partial charge in [0.25, 0.3) is 0 Å². The summed E-state index contributed by atoms with van der Waals surface area (Å²) in [6.07, 6.45) is 2.44. The van der Waals surface area contributed by atoms with Crippen molar-refractivity contribution in [2.45, 2.75) is 18.9 Å². The molecule has 2 aromatic heterocycles. The van der Waals surface area contributed by atoms with E-state index in [4.69, 9.17) is 4.42 Å². The van der Waals surface area contributed by atoms with Gasteiger partial charge in [-0.05, 0) is 30.2 Å². The summed E-state index contributed by atoms with van der Waals surface area (Å²) in [6.45, 7) is 0.352. The molecule has 4 rings (SSSR count). The van der Waals surface area contributed by atoms with Gasteiger partial charge in [0.2, 0.25) is 11.5 Å². The van der Waals surface area contributed by atoms with Crippen molar-refractivity contribution >= 4 is 16.8 Å². The number of hydrogen-bond acceptors (Lipinski definition) is 3. The lowest BCUT2D eigenvalue weighted by atomic mass is 10.1. The molecule has 1 aliphatic carbocycles. The SMILES string of the molecule is O=C(NCc1cc(=O)[nH]c2ccccc12)[C@@H]1C[C@@H]1c1ccco1. The lowest BCUT2D eigenvalue weighted by Crippen LogP contribution is -2.25. The number of pyridine rings is 1. The smallest absolute Gasteiger partial charge is 0.248 e. The minimum atomic E-state index is -0.159. The minimum absolute atomic E-state index is 0.00997. The molecule has 2 heterocycles. The summed E-state index contributed by atoms with van der Waals surface area (Å²) in [5.41, 5.74) is 1.45. The number of rotatable bonds is 4. The van der Waals surface area contributed by atoms with E-state index in [2.05, 4.69) is 10.3 Å². The van der Waals surface area contributed by atoms with E-state index in [0.717, 1.165) is 28.6 Å². The van der Waals surface area contributed by atoms with Crippen LogP contribution in [0.1, 0.15) is 23.7 Å².